The standard InChI is InChI=1S/C43H85O12P/c1-3-5-7-9-11-13-14-15-16-17-18-19-20-21-22-23-25-27-29-31-33-52-34-36(54-37(44)32-30-28-26-24-12-10-8-6-4-2)35-53-56(50,51)55-43-41(48)39(46)38(45)40(47)42(43)49/h36,38-43,45-49H,3-35H2,1-2H3,(H,50,51). The van der Waals surface area contributed by atoms with E-state index in [1.807, 2.05) is 0 Å². The lowest BCUT2D eigenvalue weighted by atomic mass is 9.85. The maximum absolute atomic E-state index is 12.8. The van der Waals surface area contributed by atoms with Crippen LogP contribution in [0.4, 0.5) is 0 Å². The molecule has 0 saturated heterocycles. The van der Waals surface area contributed by atoms with Crippen molar-refractivity contribution in [3.8, 4) is 0 Å². The predicted molar refractivity (Wildman–Crippen MR) is 221 cm³/mol. The molecule has 1 fully saturated rings. The van der Waals surface area contributed by atoms with Crippen molar-refractivity contribution < 1.29 is 58.3 Å². The number of hydrogen-bond acceptors (Lipinski definition) is 11. The number of rotatable bonds is 39. The van der Waals surface area contributed by atoms with E-state index in [9.17, 15) is 39.8 Å². The third kappa shape index (κ3) is 27.2. The van der Waals surface area contributed by atoms with Gasteiger partial charge in [-0.2, -0.15) is 0 Å². The van der Waals surface area contributed by atoms with Crippen molar-refractivity contribution in [2.45, 2.75) is 249 Å². The number of ether oxygens (including phenoxy) is 2. The van der Waals surface area contributed by atoms with Crippen molar-refractivity contribution in [2.24, 2.45) is 0 Å². The average molecular weight is 825 g/mol. The molecule has 0 bridgehead atoms. The second-order valence-electron chi connectivity index (χ2n) is 16.3. The highest BCUT2D eigenvalue weighted by Gasteiger charge is 2.51. The lowest BCUT2D eigenvalue weighted by Gasteiger charge is -2.41. The maximum Gasteiger partial charge on any atom is 0.472 e. The first kappa shape index (κ1) is 53.4. The molecule has 6 atom stereocenters. The maximum atomic E-state index is 12.8. The van der Waals surface area contributed by atoms with Crippen LogP contribution in [0.3, 0.4) is 0 Å². The molecule has 1 rings (SSSR count). The van der Waals surface area contributed by atoms with Gasteiger partial charge in [-0.05, 0) is 12.8 Å². The van der Waals surface area contributed by atoms with Gasteiger partial charge in [0.05, 0.1) is 13.2 Å². The summed E-state index contributed by atoms with van der Waals surface area (Å²) in [6.07, 6.45) is 23.4. The number of aliphatic hydroxyl groups is 5. The molecule has 0 aliphatic heterocycles. The van der Waals surface area contributed by atoms with Crippen LogP contribution in [0.2, 0.25) is 0 Å². The van der Waals surface area contributed by atoms with E-state index in [-0.39, 0.29) is 13.0 Å². The number of hydrogen-bond donors (Lipinski definition) is 6. The number of esters is 1. The Hall–Kier alpha value is -0.660. The van der Waals surface area contributed by atoms with Crippen LogP contribution in [-0.4, -0.2) is 98.9 Å². The van der Waals surface area contributed by atoms with E-state index in [1.165, 1.54) is 141 Å². The number of aliphatic hydroxyl groups excluding tert-OH is 5. The van der Waals surface area contributed by atoms with Crippen molar-refractivity contribution in [2.75, 3.05) is 19.8 Å². The highest BCUT2D eigenvalue weighted by molar-refractivity contribution is 7.47. The molecule has 1 saturated carbocycles. The van der Waals surface area contributed by atoms with Crippen LogP contribution in [0.5, 0.6) is 0 Å². The summed E-state index contributed by atoms with van der Waals surface area (Å²) in [6.45, 7) is 4.26. The van der Waals surface area contributed by atoms with E-state index >= 15 is 0 Å². The van der Waals surface area contributed by atoms with Crippen LogP contribution in [0.25, 0.3) is 0 Å². The van der Waals surface area contributed by atoms with Crippen LogP contribution < -0.4 is 0 Å². The van der Waals surface area contributed by atoms with Crippen LogP contribution in [0.15, 0.2) is 0 Å². The first-order chi connectivity index (χ1) is 27.0. The lowest BCUT2D eigenvalue weighted by molar-refractivity contribution is -0.220. The minimum absolute atomic E-state index is 0.0685. The van der Waals surface area contributed by atoms with Gasteiger partial charge in [0.15, 0.2) is 0 Å². The van der Waals surface area contributed by atoms with Gasteiger partial charge in [-0.15, -0.1) is 0 Å². The second kappa shape index (κ2) is 35.1. The summed E-state index contributed by atoms with van der Waals surface area (Å²) in [5, 5.41) is 50.1. The number of phosphoric acid groups is 1. The van der Waals surface area contributed by atoms with E-state index in [4.69, 9.17) is 18.5 Å². The number of unbranched alkanes of at least 4 members (excludes halogenated alkanes) is 27. The summed E-state index contributed by atoms with van der Waals surface area (Å²) in [7, 11) is -5.00. The molecule has 1 aliphatic rings. The van der Waals surface area contributed by atoms with Gasteiger partial charge >= 0.3 is 13.8 Å². The molecule has 0 aromatic heterocycles. The van der Waals surface area contributed by atoms with E-state index in [0.29, 0.717) is 13.0 Å². The van der Waals surface area contributed by atoms with Gasteiger partial charge in [0, 0.05) is 13.0 Å². The van der Waals surface area contributed by atoms with E-state index in [2.05, 4.69) is 13.8 Å². The van der Waals surface area contributed by atoms with Crippen molar-refractivity contribution >= 4 is 13.8 Å². The topological polar surface area (TPSA) is 192 Å². The SMILES string of the molecule is CCCCCCCCCCCCCCCCCCCCCCOCC(COP(=O)(O)OC1C(O)C(O)C(O)C(O)C1O)OC(=O)CCCCCCCCCCC. The Morgan fingerprint density at radius 3 is 1.23 bits per heavy atom. The van der Waals surface area contributed by atoms with E-state index < -0.39 is 63.1 Å². The largest absolute Gasteiger partial charge is 0.472 e. The van der Waals surface area contributed by atoms with Gasteiger partial charge in [0.25, 0.3) is 0 Å². The van der Waals surface area contributed by atoms with Gasteiger partial charge in [0.1, 0.15) is 42.7 Å². The van der Waals surface area contributed by atoms with Crippen molar-refractivity contribution in [1.82, 2.24) is 0 Å². The molecule has 0 spiro atoms. The average Bonchev–Trinajstić information content (AvgIpc) is 3.18. The normalized spacial score (nSPS) is 22.9. The third-order valence-corrected chi connectivity index (χ3v) is 12.0. The van der Waals surface area contributed by atoms with Crippen LogP contribution in [0, 0.1) is 0 Å². The third-order valence-electron chi connectivity index (χ3n) is 11.0. The molecule has 0 aromatic rings. The molecule has 0 amide bonds. The minimum Gasteiger partial charge on any atom is -0.457 e. The summed E-state index contributed by atoms with van der Waals surface area (Å²) in [6, 6.07) is 0. The Labute approximate surface area is 340 Å². The van der Waals surface area contributed by atoms with Gasteiger partial charge in [-0.1, -0.05) is 187 Å². The van der Waals surface area contributed by atoms with Gasteiger partial charge in [-0.3, -0.25) is 13.8 Å². The Morgan fingerprint density at radius 1 is 0.500 bits per heavy atom. The smallest absolute Gasteiger partial charge is 0.457 e. The Balaban J connectivity index is 2.31. The summed E-state index contributed by atoms with van der Waals surface area (Å²) >= 11 is 0. The molecule has 0 heterocycles. The number of carbonyl (C=O) groups is 1. The number of carbonyl (C=O) groups excluding carboxylic acids is 1. The van der Waals surface area contributed by atoms with Gasteiger partial charge in [-0.25, -0.2) is 4.57 Å². The van der Waals surface area contributed by atoms with E-state index in [1.54, 1.807) is 0 Å². The van der Waals surface area contributed by atoms with Crippen molar-refractivity contribution in [3.63, 3.8) is 0 Å². The second-order valence-corrected chi connectivity index (χ2v) is 17.7. The molecule has 13 heteroatoms. The summed E-state index contributed by atoms with van der Waals surface area (Å²) in [5.74, 6) is -0.476. The zero-order chi connectivity index (χ0) is 41.3. The molecule has 0 aromatic carbocycles. The van der Waals surface area contributed by atoms with Crippen LogP contribution in [-0.2, 0) is 27.9 Å². The molecule has 334 valence electrons. The van der Waals surface area contributed by atoms with Crippen LogP contribution >= 0.6 is 7.82 Å². The molecule has 12 nitrogen and oxygen atoms in total. The molecule has 0 radical (unpaired) electrons. The summed E-state index contributed by atoms with van der Waals surface area (Å²) in [5.41, 5.74) is 0. The first-order valence-corrected chi connectivity index (χ1v) is 24.4. The zero-order valence-corrected chi connectivity index (χ0v) is 36.4. The van der Waals surface area contributed by atoms with Crippen LogP contribution in [0.1, 0.15) is 206 Å². The molecular weight excluding hydrogens is 739 g/mol. The zero-order valence-electron chi connectivity index (χ0n) is 35.5. The summed E-state index contributed by atoms with van der Waals surface area (Å²) < 4.78 is 34.1. The molecule has 56 heavy (non-hydrogen) atoms. The molecule has 6 N–H and O–H groups in total. The Kier molecular flexibility index (Phi) is 33.5. The molecular formula is C43H85O12P. The minimum atomic E-state index is -5.00. The van der Waals surface area contributed by atoms with Gasteiger partial charge in [0.2, 0.25) is 0 Å². The fourth-order valence-corrected chi connectivity index (χ4v) is 8.27. The molecule has 6 unspecified atom stereocenters. The van der Waals surface area contributed by atoms with Gasteiger partial charge < -0.3 is 39.9 Å². The summed E-state index contributed by atoms with van der Waals surface area (Å²) in [4.78, 5) is 23.0. The Morgan fingerprint density at radius 2 is 0.839 bits per heavy atom. The number of phosphoric ester groups is 1. The van der Waals surface area contributed by atoms with Crippen molar-refractivity contribution in [1.29, 1.82) is 0 Å². The highest BCUT2D eigenvalue weighted by atomic mass is 31.2. The molecule has 1 aliphatic carbocycles. The first-order valence-electron chi connectivity index (χ1n) is 22.9. The highest BCUT2D eigenvalue weighted by Crippen LogP contribution is 2.47. The van der Waals surface area contributed by atoms with Crippen molar-refractivity contribution in [3.05, 3.63) is 0 Å². The fourth-order valence-electron chi connectivity index (χ4n) is 7.30. The monoisotopic (exact) mass is 825 g/mol. The lowest BCUT2D eigenvalue weighted by Crippen LogP contribution is -2.64. The van der Waals surface area contributed by atoms with E-state index in [0.717, 1.165) is 38.5 Å². The quantitative estimate of drug-likeness (QED) is 0.0196. The predicted octanol–water partition coefficient (Wildman–Crippen LogP) is 8.98. The fraction of sp³-hybridized carbons (Fsp3) is 0.977. The Bertz CT molecular complexity index is 942.